The number of aryl methyl sites for hydroxylation is 1. The molecule has 0 saturated heterocycles. The van der Waals surface area contributed by atoms with Crippen LogP contribution in [0.3, 0.4) is 0 Å². The summed E-state index contributed by atoms with van der Waals surface area (Å²) >= 11 is 0. The van der Waals surface area contributed by atoms with E-state index in [1.165, 1.54) is 12.7 Å². The van der Waals surface area contributed by atoms with Gasteiger partial charge in [-0.3, -0.25) is 0 Å². The Balaban J connectivity index is 1.93. The van der Waals surface area contributed by atoms with E-state index < -0.39 is 0 Å². The molecule has 112 valence electrons. The zero-order chi connectivity index (χ0) is 15.5. The van der Waals surface area contributed by atoms with E-state index in [-0.39, 0.29) is 5.97 Å². The van der Waals surface area contributed by atoms with Gasteiger partial charge in [-0.15, -0.1) is 0 Å². The van der Waals surface area contributed by atoms with E-state index in [0.29, 0.717) is 11.5 Å². The average Bonchev–Trinajstić information content (AvgIpc) is 2.95. The number of benzene rings is 2. The van der Waals surface area contributed by atoms with Crippen molar-refractivity contribution in [3.8, 4) is 0 Å². The first-order chi connectivity index (χ1) is 10.7. The van der Waals surface area contributed by atoms with E-state index in [9.17, 15) is 4.79 Å². The minimum absolute atomic E-state index is 0.359. The van der Waals surface area contributed by atoms with Crippen LogP contribution in [0.5, 0.6) is 0 Å². The Morgan fingerprint density at radius 3 is 2.86 bits per heavy atom. The largest absolute Gasteiger partial charge is 0.465 e. The summed E-state index contributed by atoms with van der Waals surface area (Å²) in [5.74, 6) is 0.292. The number of nitrogens with one attached hydrogen (secondary N) is 2. The summed E-state index contributed by atoms with van der Waals surface area (Å²) < 4.78 is 4.73. The average molecular weight is 295 g/mol. The third-order valence-corrected chi connectivity index (χ3v) is 3.55. The maximum atomic E-state index is 11.6. The Bertz CT molecular complexity index is 824. The van der Waals surface area contributed by atoms with Crippen LogP contribution in [0.4, 0.5) is 11.6 Å². The summed E-state index contributed by atoms with van der Waals surface area (Å²) in [5.41, 5.74) is 4.33. The van der Waals surface area contributed by atoms with E-state index >= 15 is 0 Å². The predicted octanol–water partition coefficient (Wildman–Crippen LogP) is 3.66. The Morgan fingerprint density at radius 2 is 2.09 bits per heavy atom. The van der Waals surface area contributed by atoms with Gasteiger partial charge in [0.25, 0.3) is 0 Å². The molecule has 0 fully saturated rings. The van der Waals surface area contributed by atoms with Crippen LogP contribution < -0.4 is 5.32 Å². The zero-order valence-electron chi connectivity index (χ0n) is 12.5. The van der Waals surface area contributed by atoms with Crippen LogP contribution in [0, 0.1) is 0 Å². The number of para-hydroxylation sites is 1. The number of fused-ring (bicyclic) bond motifs is 1. The molecule has 0 aliphatic heterocycles. The highest BCUT2D eigenvalue weighted by Gasteiger charge is 2.09. The fourth-order valence-corrected chi connectivity index (χ4v) is 2.39. The molecule has 0 atom stereocenters. The van der Waals surface area contributed by atoms with Gasteiger partial charge in [-0.2, -0.15) is 0 Å². The standard InChI is InChI=1S/C17H17N3O2/c1-3-11-6-4-5-7-13(11)18-17-19-14-9-8-12(16(21)22-2)10-15(14)20-17/h4-10H,3H2,1-2H3,(H2,18,19,20). The van der Waals surface area contributed by atoms with Gasteiger partial charge in [0.15, 0.2) is 0 Å². The monoisotopic (exact) mass is 295 g/mol. The molecule has 22 heavy (non-hydrogen) atoms. The van der Waals surface area contributed by atoms with Crippen LogP contribution in [-0.4, -0.2) is 23.0 Å². The molecule has 3 rings (SSSR count). The number of methoxy groups -OCH3 is 1. The molecule has 0 bridgehead atoms. The van der Waals surface area contributed by atoms with E-state index in [1.807, 2.05) is 18.2 Å². The molecule has 3 aromatic rings. The summed E-state index contributed by atoms with van der Waals surface area (Å²) in [5, 5.41) is 3.29. The van der Waals surface area contributed by atoms with Gasteiger partial charge in [0.1, 0.15) is 0 Å². The minimum Gasteiger partial charge on any atom is -0.465 e. The number of esters is 1. The number of nitrogens with zero attached hydrogens (tertiary/aromatic N) is 1. The Hall–Kier alpha value is -2.82. The van der Waals surface area contributed by atoms with Crippen LogP contribution in [0.25, 0.3) is 11.0 Å². The maximum Gasteiger partial charge on any atom is 0.337 e. The number of carbonyl (C=O) groups excluding carboxylic acids is 1. The molecule has 2 aromatic carbocycles. The SMILES string of the molecule is CCc1ccccc1Nc1nc2ccc(C(=O)OC)cc2[nH]1. The van der Waals surface area contributed by atoms with Gasteiger partial charge in [-0.1, -0.05) is 25.1 Å². The molecule has 0 spiro atoms. The summed E-state index contributed by atoms with van der Waals surface area (Å²) in [6.45, 7) is 2.11. The first-order valence-electron chi connectivity index (χ1n) is 7.14. The van der Waals surface area contributed by atoms with Crippen molar-refractivity contribution >= 4 is 28.6 Å². The van der Waals surface area contributed by atoms with Crippen molar-refractivity contribution in [1.82, 2.24) is 9.97 Å². The number of aromatic amines is 1. The van der Waals surface area contributed by atoms with Gasteiger partial charge in [0.2, 0.25) is 5.95 Å². The lowest BCUT2D eigenvalue weighted by molar-refractivity contribution is 0.0601. The van der Waals surface area contributed by atoms with Crippen molar-refractivity contribution in [2.24, 2.45) is 0 Å². The second-order valence-electron chi connectivity index (χ2n) is 4.94. The number of aromatic nitrogens is 2. The molecule has 0 aliphatic carbocycles. The number of anilines is 2. The molecule has 0 radical (unpaired) electrons. The lowest BCUT2D eigenvalue weighted by Crippen LogP contribution is -2.00. The van der Waals surface area contributed by atoms with Gasteiger partial charge < -0.3 is 15.0 Å². The van der Waals surface area contributed by atoms with Crippen LogP contribution >= 0.6 is 0 Å². The van der Waals surface area contributed by atoms with Crippen LogP contribution in [0.1, 0.15) is 22.8 Å². The van der Waals surface area contributed by atoms with Crippen molar-refractivity contribution in [3.05, 3.63) is 53.6 Å². The van der Waals surface area contributed by atoms with Crippen LogP contribution in [0.15, 0.2) is 42.5 Å². The maximum absolute atomic E-state index is 11.6. The third-order valence-electron chi connectivity index (χ3n) is 3.55. The normalized spacial score (nSPS) is 10.6. The van der Waals surface area contributed by atoms with Crippen molar-refractivity contribution in [2.75, 3.05) is 12.4 Å². The smallest absolute Gasteiger partial charge is 0.337 e. The molecular weight excluding hydrogens is 278 g/mol. The summed E-state index contributed by atoms with van der Waals surface area (Å²) in [6, 6.07) is 13.4. The van der Waals surface area contributed by atoms with Gasteiger partial charge >= 0.3 is 5.97 Å². The van der Waals surface area contributed by atoms with Crippen LogP contribution in [-0.2, 0) is 11.2 Å². The Kier molecular flexibility index (Phi) is 3.78. The van der Waals surface area contributed by atoms with E-state index in [1.54, 1.807) is 18.2 Å². The lowest BCUT2D eigenvalue weighted by Gasteiger charge is -2.07. The van der Waals surface area contributed by atoms with Crippen molar-refractivity contribution in [1.29, 1.82) is 0 Å². The minimum atomic E-state index is -0.359. The number of hydrogen-bond acceptors (Lipinski definition) is 4. The van der Waals surface area contributed by atoms with E-state index in [0.717, 1.165) is 23.1 Å². The fraction of sp³-hybridized carbons (Fsp3) is 0.176. The van der Waals surface area contributed by atoms with Gasteiger partial charge in [0, 0.05) is 5.69 Å². The number of imidazole rings is 1. The summed E-state index contributed by atoms with van der Waals surface area (Å²) in [6.07, 6.45) is 0.940. The third kappa shape index (κ3) is 2.65. The molecule has 0 unspecified atom stereocenters. The molecule has 0 aliphatic rings. The highest BCUT2D eigenvalue weighted by atomic mass is 16.5. The molecule has 1 heterocycles. The first kappa shape index (κ1) is 14.1. The number of ether oxygens (including phenoxy) is 1. The Labute approximate surface area is 128 Å². The van der Waals surface area contributed by atoms with Crippen LogP contribution in [0.2, 0.25) is 0 Å². The molecule has 5 heteroatoms. The number of carbonyl (C=O) groups is 1. The quantitative estimate of drug-likeness (QED) is 0.721. The molecule has 2 N–H and O–H groups in total. The highest BCUT2D eigenvalue weighted by Crippen LogP contribution is 2.22. The number of H-pyrrole nitrogens is 1. The molecular formula is C17H17N3O2. The summed E-state index contributed by atoms with van der Waals surface area (Å²) in [7, 11) is 1.37. The fourth-order valence-electron chi connectivity index (χ4n) is 2.39. The zero-order valence-corrected chi connectivity index (χ0v) is 12.5. The molecule has 0 amide bonds. The highest BCUT2D eigenvalue weighted by molar-refractivity contribution is 5.94. The number of rotatable bonds is 4. The molecule has 0 saturated carbocycles. The second-order valence-corrected chi connectivity index (χ2v) is 4.94. The topological polar surface area (TPSA) is 67.0 Å². The van der Waals surface area contributed by atoms with Crippen molar-refractivity contribution < 1.29 is 9.53 Å². The first-order valence-corrected chi connectivity index (χ1v) is 7.14. The van der Waals surface area contributed by atoms with Crippen molar-refractivity contribution in [3.63, 3.8) is 0 Å². The van der Waals surface area contributed by atoms with E-state index in [2.05, 4.69) is 28.3 Å². The second kappa shape index (κ2) is 5.89. The van der Waals surface area contributed by atoms with Gasteiger partial charge in [0.05, 0.1) is 23.7 Å². The predicted molar refractivity (Wildman–Crippen MR) is 86.5 cm³/mol. The number of hydrogen-bond donors (Lipinski definition) is 2. The van der Waals surface area contributed by atoms with Gasteiger partial charge in [-0.05, 0) is 36.2 Å². The molecule has 5 nitrogen and oxygen atoms in total. The molecule has 1 aromatic heterocycles. The van der Waals surface area contributed by atoms with E-state index in [4.69, 9.17) is 4.74 Å². The lowest BCUT2D eigenvalue weighted by atomic mass is 10.1. The summed E-state index contributed by atoms with van der Waals surface area (Å²) in [4.78, 5) is 19.2. The van der Waals surface area contributed by atoms with Gasteiger partial charge in [-0.25, -0.2) is 9.78 Å². The van der Waals surface area contributed by atoms with Crippen molar-refractivity contribution in [2.45, 2.75) is 13.3 Å². The Morgan fingerprint density at radius 1 is 1.27 bits per heavy atom.